The van der Waals surface area contributed by atoms with Crippen molar-refractivity contribution in [1.82, 2.24) is 4.98 Å². The van der Waals surface area contributed by atoms with E-state index >= 15 is 0 Å². The predicted molar refractivity (Wildman–Crippen MR) is 122 cm³/mol. The van der Waals surface area contributed by atoms with Gasteiger partial charge in [-0.25, -0.2) is 4.98 Å². The molecule has 1 fully saturated rings. The molecule has 0 aliphatic carbocycles. The molecule has 0 bridgehead atoms. The number of para-hydroxylation sites is 1. The molecule has 3 aromatic rings. The number of rotatable bonds is 3. The number of hydrogen-bond donors (Lipinski definition) is 1. The maximum Gasteiger partial charge on any atom is 0.126 e. The van der Waals surface area contributed by atoms with Gasteiger partial charge in [0, 0.05) is 43.5 Å². The van der Waals surface area contributed by atoms with Gasteiger partial charge in [-0.3, -0.25) is 0 Å². The summed E-state index contributed by atoms with van der Waals surface area (Å²) in [5, 5.41) is 0.806. The summed E-state index contributed by atoms with van der Waals surface area (Å²) in [5.41, 5.74) is 11.6. The number of nitrogen functional groups attached to an aromatic ring is 1. The van der Waals surface area contributed by atoms with Crippen LogP contribution in [0.3, 0.4) is 0 Å². The van der Waals surface area contributed by atoms with E-state index in [1.165, 1.54) is 5.56 Å². The highest BCUT2D eigenvalue weighted by Crippen LogP contribution is 2.29. The third kappa shape index (κ3) is 4.34. The third-order valence-electron chi connectivity index (χ3n) is 5.02. The number of hydrogen-bond acceptors (Lipinski definition) is 4. The van der Waals surface area contributed by atoms with Crippen molar-refractivity contribution in [3.63, 3.8) is 0 Å². The van der Waals surface area contributed by atoms with Gasteiger partial charge in [0.2, 0.25) is 0 Å². The van der Waals surface area contributed by atoms with Crippen molar-refractivity contribution in [1.29, 1.82) is 0 Å². The number of piperazine rings is 1. The molecule has 1 saturated heterocycles. The van der Waals surface area contributed by atoms with Crippen LogP contribution in [0.1, 0.15) is 5.56 Å². The van der Waals surface area contributed by atoms with E-state index in [4.69, 9.17) is 17.3 Å². The van der Waals surface area contributed by atoms with Crippen molar-refractivity contribution in [2.45, 2.75) is 6.92 Å². The van der Waals surface area contributed by atoms with Crippen molar-refractivity contribution in [2.24, 2.45) is 0 Å². The fourth-order valence-electron chi connectivity index (χ4n) is 3.51. The lowest BCUT2D eigenvalue weighted by atomic mass is 10.1. The van der Waals surface area contributed by atoms with Gasteiger partial charge in [-0.2, -0.15) is 0 Å². The van der Waals surface area contributed by atoms with Crippen LogP contribution in [0.5, 0.6) is 0 Å². The first-order valence-electron chi connectivity index (χ1n) is 9.19. The lowest BCUT2D eigenvalue weighted by molar-refractivity contribution is 0.653. The van der Waals surface area contributed by atoms with Gasteiger partial charge in [-0.15, -0.1) is 12.4 Å². The zero-order chi connectivity index (χ0) is 18.8. The first-order valence-corrected chi connectivity index (χ1v) is 9.57. The number of nitrogens with two attached hydrogens (primary N) is 1. The van der Waals surface area contributed by atoms with Crippen LogP contribution >= 0.6 is 24.0 Å². The number of aromatic nitrogens is 1. The molecule has 1 aliphatic heterocycles. The minimum absolute atomic E-state index is 0. The van der Waals surface area contributed by atoms with Crippen LogP contribution in [-0.4, -0.2) is 31.2 Å². The van der Waals surface area contributed by atoms with Crippen molar-refractivity contribution in [3.05, 3.63) is 71.2 Å². The molecule has 2 N–H and O–H groups in total. The molecule has 2 heterocycles. The second-order valence-corrected chi connectivity index (χ2v) is 7.33. The monoisotopic (exact) mass is 414 g/mol. The maximum atomic E-state index is 6.35. The van der Waals surface area contributed by atoms with Crippen LogP contribution < -0.4 is 15.5 Å². The van der Waals surface area contributed by atoms with Crippen LogP contribution in [0.2, 0.25) is 5.02 Å². The summed E-state index contributed by atoms with van der Waals surface area (Å²) in [6, 6.07) is 20.5. The first kappa shape index (κ1) is 20.3. The summed E-state index contributed by atoms with van der Waals surface area (Å²) < 4.78 is 0. The van der Waals surface area contributed by atoms with E-state index in [2.05, 4.69) is 58.1 Å². The number of halogens is 2. The summed E-state index contributed by atoms with van der Waals surface area (Å²) >= 11 is 6.35. The van der Waals surface area contributed by atoms with Crippen molar-refractivity contribution >= 4 is 41.2 Å². The molecule has 0 unspecified atom stereocenters. The molecule has 0 radical (unpaired) electrons. The van der Waals surface area contributed by atoms with E-state index in [0.29, 0.717) is 5.82 Å². The Morgan fingerprint density at radius 3 is 2.21 bits per heavy atom. The van der Waals surface area contributed by atoms with E-state index in [0.717, 1.165) is 53.8 Å². The SMILES string of the molecule is Cc1ccc(-c2cc(N3CCN(c4ccccc4Cl)CC3)cc(N)n2)cc1.Cl. The predicted octanol–water partition coefficient (Wildman–Crippen LogP) is 5.04. The quantitative estimate of drug-likeness (QED) is 0.651. The number of nitrogens with zero attached hydrogens (tertiary/aromatic N) is 3. The Kier molecular flexibility index (Phi) is 6.32. The Hall–Kier alpha value is -2.43. The van der Waals surface area contributed by atoms with Crippen LogP contribution in [0.15, 0.2) is 60.7 Å². The molecule has 146 valence electrons. The zero-order valence-electron chi connectivity index (χ0n) is 15.8. The Morgan fingerprint density at radius 1 is 0.893 bits per heavy atom. The lowest BCUT2D eigenvalue weighted by Gasteiger charge is -2.37. The summed E-state index contributed by atoms with van der Waals surface area (Å²) in [7, 11) is 0. The van der Waals surface area contributed by atoms with Crippen LogP contribution in [0.25, 0.3) is 11.3 Å². The highest BCUT2D eigenvalue weighted by molar-refractivity contribution is 6.33. The van der Waals surface area contributed by atoms with E-state index in [1.54, 1.807) is 0 Å². The van der Waals surface area contributed by atoms with Gasteiger partial charge in [0.15, 0.2) is 0 Å². The van der Waals surface area contributed by atoms with E-state index in [9.17, 15) is 0 Å². The van der Waals surface area contributed by atoms with Gasteiger partial charge in [-0.05, 0) is 25.1 Å². The Morgan fingerprint density at radius 2 is 1.54 bits per heavy atom. The smallest absolute Gasteiger partial charge is 0.126 e. The van der Waals surface area contributed by atoms with Gasteiger partial charge >= 0.3 is 0 Å². The fraction of sp³-hybridized carbons (Fsp3) is 0.227. The number of anilines is 3. The van der Waals surface area contributed by atoms with Gasteiger partial charge in [0.1, 0.15) is 5.82 Å². The van der Waals surface area contributed by atoms with Crippen LogP contribution in [0, 0.1) is 6.92 Å². The second kappa shape index (κ2) is 8.72. The molecule has 0 atom stereocenters. The summed E-state index contributed by atoms with van der Waals surface area (Å²) in [6.45, 7) is 5.77. The highest BCUT2D eigenvalue weighted by Gasteiger charge is 2.20. The molecule has 1 aliphatic rings. The average Bonchev–Trinajstić information content (AvgIpc) is 2.69. The lowest BCUT2D eigenvalue weighted by Crippen LogP contribution is -2.46. The normalized spacial score (nSPS) is 13.9. The Bertz CT molecular complexity index is 936. The van der Waals surface area contributed by atoms with Gasteiger partial charge in [-0.1, -0.05) is 53.6 Å². The topological polar surface area (TPSA) is 45.4 Å². The number of pyridine rings is 1. The number of benzene rings is 2. The van der Waals surface area contributed by atoms with Gasteiger partial charge in [0.05, 0.1) is 16.4 Å². The number of aryl methyl sites for hydroxylation is 1. The van der Waals surface area contributed by atoms with E-state index < -0.39 is 0 Å². The third-order valence-corrected chi connectivity index (χ3v) is 5.33. The average molecular weight is 415 g/mol. The van der Waals surface area contributed by atoms with Crippen molar-refractivity contribution < 1.29 is 0 Å². The van der Waals surface area contributed by atoms with Gasteiger partial charge < -0.3 is 15.5 Å². The molecule has 0 amide bonds. The van der Waals surface area contributed by atoms with E-state index in [-0.39, 0.29) is 12.4 Å². The Balaban J connectivity index is 0.00000225. The first-order chi connectivity index (χ1) is 13.1. The molecule has 0 saturated carbocycles. The van der Waals surface area contributed by atoms with E-state index in [1.807, 2.05) is 24.3 Å². The molecular formula is C22H24Cl2N4. The second-order valence-electron chi connectivity index (χ2n) is 6.93. The highest BCUT2D eigenvalue weighted by atomic mass is 35.5. The molecule has 6 heteroatoms. The fourth-order valence-corrected chi connectivity index (χ4v) is 3.76. The summed E-state index contributed by atoms with van der Waals surface area (Å²) in [5.74, 6) is 0.552. The molecule has 4 nitrogen and oxygen atoms in total. The molecule has 2 aromatic carbocycles. The zero-order valence-corrected chi connectivity index (χ0v) is 17.4. The van der Waals surface area contributed by atoms with Crippen LogP contribution in [-0.2, 0) is 0 Å². The molecule has 28 heavy (non-hydrogen) atoms. The minimum atomic E-state index is 0. The molecule has 4 rings (SSSR count). The van der Waals surface area contributed by atoms with Crippen LogP contribution in [0.4, 0.5) is 17.2 Å². The summed E-state index contributed by atoms with van der Waals surface area (Å²) in [4.78, 5) is 9.23. The molecule has 1 aromatic heterocycles. The van der Waals surface area contributed by atoms with Crippen molar-refractivity contribution in [2.75, 3.05) is 41.7 Å². The standard InChI is InChI=1S/C22H23ClN4.ClH/c1-16-6-8-17(9-7-16)20-14-18(15-22(24)25-20)26-10-12-27(13-11-26)21-5-3-2-4-19(21)23;/h2-9,14-15H,10-13H2,1H3,(H2,24,25);1H. The maximum absolute atomic E-state index is 6.35. The van der Waals surface area contributed by atoms with Crippen molar-refractivity contribution in [3.8, 4) is 11.3 Å². The summed E-state index contributed by atoms with van der Waals surface area (Å²) in [6.07, 6.45) is 0. The molecule has 0 spiro atoms. The largest absolute Gasteiger partial charge is 0.384 e. The Labute approximate surface area is 177 Å². The minimum Gasteiger partial charge on any atom is -0.384 e. The van der Waals surface area contributed by atoms with Gasteiger partial charge in [0.25, 0.3) is 0 Å². The molecular weight excluding hydrogens is 391 g/mol.